The van der Waals surface area contributed by atoms with Gasteiger partial charge in [0, 0.05) is 12.1 Å². The molecule has 0 fully saturated rings. The minimum absolute atomic E-state index is 0.0870. The van der Waals surface area contributed by atoms with Crippen LogP contribution in [-0.2, 0) is 16.0 Å². The fourth-order valence-electron chi connectivity index (χ4n) is 3.26. The van der Waals surface area contributed by atoms with E-state index in [9.17, 15) is 19.2 Å². The van der Waals surface area contributed by atoms with Crippen LogP contribution in [0.3, 0.4) is 0 Å². The number of ketones is 1. The summed E-state index contributed by atoms with van der Waals surface area (Å²) in [6.45, 7) is 5.29. The van der Waals surface area contributed by atoms with Crippen LogP contribution in [0.2, 0.25) is 0 Å². The molecule has 6 nitrogen and oxygen atoms in total. The first-order valence-electron chi connectivity index (χ1n) is 9.61. The second-order valence-electron chi connectivity index (χ2n) is 7.11. The highest BCUT2D eigenvalue weighted by Gasteiger charge is 2.35. The highest BCUT2D eigenvalue weighted by Crippen LogP contribution is 2.24. The van der Waals surface area contributed by atoms with E-state index in [0.29, 0.717) is 16.7 Å². The number of carbonyl (C=O) groups excluding carboxylic acids is 4. The summed E-state index contributed by atoms with van der Waals surface area (Å²) in [6, 6.07) is 12.2. The number of rotatable bonds is 7. The summed E-state index contributed by atoms with van der Waals surface area (Å²) in [5.41, 5.74) is 3.15. The zero-order chi connectivity index (χ0) is 21.1. The molecule has 3 rings (SSSR count). The summed E-state index contributed by atoms with van der Waals surface area (Å²) in [5.74, 6) is -1.76. The minimum atomic E-state index is -0.945. The van der Waals surface area contributed by atoms with E-state index in [1.807, 2.05) is 26.0 Å². The first-order chi connectivity index (χ1) is 13.8. The van der Waals surface area contributed by atoms with Crippen LogP contribution >= 0.6 is 0 Å². The van der Waals surface area contributed by atoms with Crippen LogP contribution in [0.4, 0.5) is 0 Å². The Balaban J connectivity index is 1.56. The second-order valence-corrected chi connectivity index (χ2v) is 7.11. The van der Waals surface area contributed by atoms with Crippen LogP contribution in [0.15, 0.2) is 42.5 Å². The molecule has 150 valence electrons. The van der Waals surface area contributed by atoms with E-state index in [0.717, 1.165) is 22.4 Å². The van der Waals surface area contributed by atoms with Crippen molar-refractivity contribution in [2.24, 2.45) is 0 Å². The van der Waals surface area contributed by atoms with Gasteiger partial charge in [0.2, 0.25) is 5.78 Å². The van der Waals surface area contributed by atoms with Gasteiger partial charge in [-0.05, 0) is 38.0 Å². The molecule has 2 aromatic rings. The summed E-state index contributed by atoms with van der Waals surface area (Å²) >= 11 is 0. The summed E-state index contributed by atoms with van der Waals surface area (Å²) in [7, 11) is 0. The van der Waals surface area contributed by atoms with Crippen molar-refractivity contribution in [1.29, 1.82) is 0 Å². The number of hydrogen-bond acceptors (Lipinski definition) is 5. The Morgan fingerprint density at radius 1 is 1.00 bits per heavy atom. The van der Waals surface area contributed by atoms with Gasteiger partial charge in [-0.15, -0.1) is 0 Å². The van der Waals surface area contributed by atoms with Crippen molar-refractivity contribution in [3.8, 4) is 0 Å². The van der Waals surface area contributed by atoms with Gasteiger partial charge in [0.05, 0.1) is 17.5 Å². The topological polar surface area (TPSA) is 80.8 Å². The number of nitrogens with zero attached hydrogens (tertiary/aromatic N) is 1. The third kappa shape index (κ3) is 4.26. The molecule has 0 saturated heterocycles. The van der Waals surface area contributed by atoms with Gasteiger partial charge in [0.1, 0.15) is 0 Å². The first-order valence-corrected chi connectivity index (χ1v) is 9.61. The van der Waals surface area contributed by atoms with Gasteiger partial charge >= 0.3 is 5.97 Å². The van der Waals surface area contributed by atoms with E-state index < -0.39 is 23.9 Å². The number of carbonyl (C=O) groups is 4. The van der Waals surface area contributed by atoms with Crippen LogP contribution in [0, 0.1) is 6.92 Å². The average Bonchev–Trinajstić information content (AvgIpc) is 2.95. The Morgan fingerprint density at radius 3 is 2.31 bits per heavy atom. The number of imide groups is 1. The van der Waals surface area contributed by atoms with E-state index in [1.54, 1.807) is 30.3 Å². The SMILES string of the molecule is CCc1ccc(C(=O)C(C)OC(=O)CCN2C(=O)c3ccc(C)cc3C2=O)cc1. The molecule has 0 aliphatic carbocycles. The summed E-state index contributed by atoms with van der Waals surface area (Å²) < 4.78 is 5.21. The molecule has 1 heterocycles. The Hall–Kier alpha value is -3.28. The van der Waals surface area contributed by atoms with Crippen molar-refractivity contribution < 1.29 is 23.9 Å². The summed E-state index contributed by atoms with van der Waals surface area (Å²) in [6.07, 6.45) is -0.243. The van der Waals surface area contributed by atoms with Gasteiger partial charge in [-0.2, -0.15) is 0 Å². The lowest BCUT2D eigenvalue weighted by Crippen LogP contribution is -2.33. The van der Waals surface area contributed by atoms with Crippen LogP contribution in [-0.4, -0.2) is 41.1 Å². The summed E-state index contributed by atoms with van der Waals surface area (Å²) in [4.78, 5) is 50.5. The highest BCUT2D eigenvalue weighted by molar-refractivity contribution is 6.21. The third-order valence-electron chi connectivity index (χ3n) is 4.99. The lowest BCUT2D eigenvalue weighted by molar-refractivity contribution is -0.146. The van der Waals surface area contributed by atoms with Crippen molar-refractivity contribution in [3.63, 3.8) is 0 Å². The van der Waals surface area contributed by atoms with Crippen LogP contribution < -0.4 is 0 Å². The summed E-state index contributed by atoms with van der Waals surface area (Å²) in [5, 5.41) is 0. The number of benzene rings is 2. The molecule has 2 amide bonds. The fourth-order valence-corrected chi connectivity index (χ4v) is 3.26. The van der Waals surface area contributed by atoms with Gasteiger partial charge in [-0.1, -0.05) is 42.8 Å². The zero-order valence-electron chi connectivity index (χ0n) is 16.7. The third-order valence-corrected chi connectivity index (χ3v) is 4.99. The average molecular weight is 393 g/mol. The lowest BCUT2D eigenvalue weighted by Gasteiger charge is -2.15. The smallest absolute Gasteiger partial charge is 0.308 e. The number of esters is 1. The monoisotopic (exact) mass is 393 g/mol. The molecule has 0 N–H and O–H groups in total. The van der Waals surface area contributed by atoms with Crippen LogP contribution in [0.1, 0.15) is 62.5 Å². The molecule has 1 aliphatic heterocycles. The Bertz CT molecular complexity index is 977. The van der Waals surface area contributed by atoms with Crippen LogP contribution in [0.5, 0.6) is 0 Å². The number of aryl methyl sites for hydroxylation is 2. The predicted octanol–water partition coefficient (Wildman–Crippen LogP) is 3.36. The number of fused-ring (bicyclic) bond motifs is 1. The van der Waals surface area contributed by atoms with E-state index in [2.05, 4.69) is 0 Å². The highest BCUT2D eigenvalue weighted by atomic mass is 16.5. The zero-order valence-corrected chi connectivity index (χ0v) is 16.7. The Labute approximate surface area is 169 Å². The molecule has 0 radical (unpaired) electrons. The predicted molar refractivity (Wildman–Crippen MR) is 107 cm³/mol. The lowest BCUT2D eigenvalue weighted by atomic mass is 10.0. The maximum Gasteiger partial charge on any atom is 0.308 e. The van der Waals surface area contributed by atoms with Crippen LogP contribution in [0.25, 0.3) is 0 Å². The largest absolute Gasteiger partial charge is 0.454 e. The van der Waals surface area contributed by atoms with E-state index in [-0.39, 0.29) is 18.7 Å². The van der Waals surface area contributed by atoms with Crippen molar-refractivity contribution in [2.45, 2.75) is 39.7 Å². The maximum absolute atomic E-state index is 12.4. The Morgan fingerprint density at radius 2 is 1.66 bits per heavy atom. The standard InChI is InChI=1S/C23H23NO5/c1-4-16-6-8-17(9-7-16)21(26)15(3)29-20(25)11-12-24-22(27)18-10-5-14(2)13-19(18)23(24)28/h5-10,13,15H,4,11-12H2,1-3H3. The van der Waals surface area contributed by atoms with Gasteiger partial charge in [-0.3, -0.25) is 24.1 Å². The fraction of sp³-hybridized carbons (Fsp3) is 0.304. The van der Waals surface area contributed by atoms with Crippen molar-refractivity contribution in [1.82, 2.24) is 4.90 Å². The molecule has 1 unspecified atom stereocenters. The van der Waals surface area contributed by atoms with E-state index in [1.165, 1.54) is 6.92 Å². The Kier molecular flexibility index (Phi) is 5.92. The molecule has 1 atom stereocenters. The van der Waals surface area contributed by atoms with Gasteiger partial charge in [0.15, 0.2) is 6.10 Å². The molecule has 0 saturated carbocycles. The van der Waals surface area contributed by atoms with Crippen molar-refractivity contribution >= 4 is 23.6 Å². The molecule has 0 aromatic heterocycles. The quantitative estimate of drug-likeness (QED) is 0.409. The number of hydrogen-bond donors (Lipinski definition) is 0. The normalized spacial score (nSPS) is 14.0. The van der Waals surface area contributed by atoms with Gasteiger partial charge in [0.25, 0.3) is 11.8 Å². The number of ether oxygens (including phenoxy) is 1. The molecule has 1 aliphatic rings. The van der Waals surface area contributed by atoms with E-state index >= 15 is 0 Å². The maximum atomic E-state index is 12.4. The van der Waals surface area contributed by atoms with E-state index in [4.69, 9.17) is 4.74 Å². The number of Topliss-reactive ketones (excluding diaryl/α,β-unsaturated/α-hetero) is 1. The molecule has 6 heteroatoms. The van der Waals surface area contributed by atoms with Crippen molar-refractivity contribution in [2.75, 3.05) is 6.54 Å². The van der Waals surface area contributed by atoms with Crippen molar-refractivity contribution in [3.05, 3.63) is 70.3 Å². The molecule has 2 aromatic carbocycles. The minimum Gasteiger partial charge on any atom is -0.454 e. The molecule has 0 spiro atoms. The first kappa shape index (κ1) is 20.5. The molecule has 0 bridgehead atoms. The molecular weight excluding hydrogens is 370 g/mol. The molecule has 29 heavy (non-hydrogen) atoms. The van der Waals surface area contributed by atoms with Gasteiger partial charge < -0.3 is 4.74 Å². The second kappa shape index (κ2) is 8.39. The molecular formula is C23H23NO5. The van der Waals surface area contributed by atoms with Gasteiger partial charge in [-0.25, -0.2) is 0 Å². The number of amides is 2.